The third kappa shape index (κ3) is 3.46. The third-order valence-corrected chi connectivity index (χ3v) is 3.13. The summed E-state index contributed by atoms with van der Waals surface area (Å²) in [4.78, 5) is 13.6. The minimum atomic E-state index is 0.0159. The number of morpholine rings is 1. The van der Waals surface area contributed by atoms with Gasteiger partial charge in [0.15, 0.2) is 0 Å². The molecular formula is C12H20N4O2. The van der Waals surface area contributed by atoms with E-state index >= 15 is 0 Å². The van der Waals surface area contributed by atoms with Crippen molar-refractivity contribution >= 4 is 6.03 Å². The first-order valence-corrected chi connectivity index (χ1v) is 6.37. The van der Waals surface area contributed by atoms with Crippen LogP contribution in [0.3, 0.4) is 0 Å². The summed E-state index contributed by atoms with van der Waals surface area (Å²) in [6.07, 6.45) is 3.71. The molecule has 6 heteroatoms. The molecule has 0 saturated carbocycles. The molecular weight excluding hydrogens is 232 g/mol. The van der Waals surface area contributed by atoms with Crippen LogP contribution in [0.4, 0.5) is 4.79 Å². The van der Waals surface area contributed by atoms with E-state index in [1.165, 1.54) is 5.56 Å². The van der Waals surface area contributed by atoms with Crippen LogP contribution < -0.4 is 5.32 Å². The van der Waals surface area contributed by atoms with E-state index in [4.69, 9.17) is 4.74 Å². The highest BCUT2D eigenvalue weighted by Crippen LogP contribution is 2.05. The molecule has 2 N–H and O–H groups in total. The summed E-state index contributed by atoms with van der Waals surface area (Å²) in [5.74, 6) is 0. The number of ether oxygens (including phenoxy) is 1. The number of H-pyrrole nitrogens is 1. The molecule has 0 bridgehead atoms. The average Bonchev–Trinajstić information content (AvgIpc) is 2.81. The number of nitrogens with one attached hydrogen (secondary N) is 2. The van der Waals surface area contributed by atoms with Gasteiger partial charge in [0.05, 0.1) is 19.4 Å². The van der Waals surface area contributed by atoms with Crippen molar-refractivity contribution in [2.75, 3.05) is 32.8 Å². The molecule has 0 aliphatic carbocycles. The number of amides is 2. The quantitative estimate of drug-likeness (QED) is 0.775. The number of aromatic amines is 1. The molecule has 2 heterocycles. The van der Waals surface area contributed by atoms with E-state index in [1.807, 2.05) is 13.1 Å². The van der Waals surface area contributed by atoms with Gasteiger partial charge in [-0.3, -0.25) is 5.10 Å². The van der Waals surface area contributed by atoms with Crippen LogP contribution in [0.2, 0.25) is 0 Å². The SMILES string of the molecule is Cc1[nH]ncc1CCCNC(=O)N1CCOCC1. The Morgan fingerprint density at radius 3 is 3.00 bits per heavy atom. The van der Waals surface area contributed by atoms with Crippen molar-refractivity contribution in [1.29, 1.82) is 0 Å². The first kappa shape index (κ1) is 12.9. The van der Waals surface area contributed by atoms with Crippen molar-refractivity contribution in [3.63, 3.8) is 0 Å². The van der Waals surface area contributed by atoms with E-state index in [2.05, 4.69) is 15.5 Å². The monoisotopic (exact) mass is 252 g/mol. The molecule has 0 aromatic carbocycles. The van der Waals surface area contributed by atoms with Gasteiger partial charge in [0.2, 0.25) is 0 Å². The lowest BCUT2D eigenvalue weighted by molar-refractivity contribution is 0.0532. The smallest absolute Gasteiger partial charge is 0.317 e. The first-order chi connectivity index (χ1) is 8.77. The van der Waals surface area contributed by atoms with Crippen LogP contribution in [0.5, 0.6) is 0 Å². The molecule has 0 spiro atoms. The number of hydrogen-bond acceptors (Lipinski definition) is 3. The Bertz CT molecular complexity index is 385. The number of carbonyl (C=O) groups is 1. The molecule has 2 amide bonds. The van der Waals surface area contributed by atoms with E-state index in [0.29, 0.717) is 32.8 Å². The van der Waals surface area contributed by atoms with Gasteiger partial charge in [0.1, 0.15) is 0 Å². The van der Waals surface area contributed by atoms with Crippen LogP contribution in [0.25, 0.3) is 0 Å². The summed E-state index contributed by atoms with van der Waals surface area (Å²) >= 11 is 0. The zero-order valence-electron chi connectivity index (χ0n) is 10.7. The van der Waals surface area contributed by atoms with Gasteiger partial charge in [-0.25, -0.2) is 4.79 Å². The maximum Gasteiger partial charge on any atom is 0.317 e. The Hall–Kier alpha value is -1.56. The van der Waals surface area contributed by atoms with E-state index in [0.717, 1.165) is 18.5 Å². The summed E-state index contributed by atoms with van der Waals surface area (Å²) in [5, 5.41) is 9.82. The zero-order chi connectivity index (χ0) is 12.8. The lowest BCUT2D eigenvalue weighted by atomic mass is 10.1. The Morgan fingerprint density at radius 1 is 1.56 bits per heavy atom. The second kappa shape index (κ2) is 6.39. The van der Waals surface area contributed by atoms with Gasteiger partial charge >= 0.3 is 6.03 Å². The number of nitrogens with zero attached hydrogens (tertiary/aromatic N) is 2. The summed E-state index contributed by atoms with van der Waals surface area (Å²) in [7, 11) is 0. The van der Waals surface area contributed by atoms with E-state index < -0.39 is 0 Å². The highest BCUT2D eigenvalue weighted by atomic mass is 16.5. The minimum absolute atomic E-state index is 0.0159. The van der Waals surface area contributed by atoms with Crippen LogP contribution in [0.15, 0.2) is 6.20 Å². The number of rotatable bonds is 4. The molecule has 1 aromatic rings. The van der Waals surface area contributed by atoms with Gasteiger partial charge in [-0.1, -0.05) is 0 Å². The molecule has 1 aliphatic heterocycles. The van der Waals surface area contributed by atoms with Crippen molar-refractivity contribution in [2.24, 2.45) is 0 Å². The molecule has 18 heavy (non-hydrogen) atoms. The number of aromatic nitrogens is 2. The van der Waals surface area contributed by atoms with Crippen molar-refractivity contribution in [1.82, 2.24) is 20.4 Å². The lowest BCUT2D eigenvalue weighted by Gasteiger charge is -2.26. The van der Waals surface area contributed by atoms with E-state index in [9.17, 15) is 4.79 Å². The molecule has 1 fully saturated rings. The highest BCUT2D eigenvalue weighted by molar-refractivity contribution is 5.74. The van der Waals surface area contributed by atoms with Gasteiger partial charge in [0.25, 0.3) is 0 Å². The Morgan fingerprint density at radius 2 is 2.33 bits per heavy atom. The molecule has 6 nitrogen and oxygen atoms in total. The Labute approximate surface area is 107 Å². The van der Waals surface area contributed by atoms with Crippen LogP contribution in [0, 0.1) is 6.92 Å². The minimum Gasteiger partial charge on any atom is -0.378 e. The Balaban J connectivity index is 1.63. The van der Waals surface area contributed by atoms with E-state index in [1.54, 1.807) is 4.90 Å². The maximum absolute atomic E-state index is 11.8. The predicted octanol–water partition coefficient (Wildman–Crippen LogP) is 0.693. The van der Waals surface area contributed by atoms with Crippen molar-refractivity contribution < 1.29 is 9.53 Å². The fourth-order valence-corrected chi connectivity index (χ4v) is 1.98. The van der Waals surface area contributed by atoms with Gasteiger partial charge in [0, 0.05) is 25.3 Å². The van der Waals surface area contributed by atoms with Gasteiger partial charge in [-0.15, -0.1) is 0 Å². The largest absolute Gasteiger partial charge is 0.378 e. The first-order valence-electron chi connectivity index (χ1n) is 6.37. The predicted molar refractivity (Wildman–Crippen MR) is 67.4 cm³/mol. The van der Waals surface area contributed by atoms with Crippen molar-refractivity contribution in [3.05, 3.63) is 17.5 Å². The highest BCUT2D eigenvalue weighted by Gasteiger charge is 2.15. The second-order valence-corrected chi connectivity index (χ2v) is 4.46. The molecule has 1 aliphatic rings. The fraction of sp³-hybridized carbons (Fsp3) is 0.667. The Kier molecular flexibility index (Phi) is 4.58. The maximum atomic E-state index is 11.8. The van der Waals surface area contributed by atoms with Crippen LogP contribution in [-0.4, -0.2) is 54.0 Å². The number of hydrogen-bond donors (Lipinski definition) is 2. The summed E-state index contributed by atoms with van der Waals surface area (Å²) in [6.45, 7) is 5.36. The molecule has 100 valence electrons. The number of carbonyl (C=O) groups excluding carboxylic acids is 1. The normalized spacial score (nSPS) is 15.7. The van der Waals surface area contributed by atoms with Crippen molar-refractivity contribution in [2.45, 2.75) is 19.8 Å². The molecule has 0 unspecified atom stereocenters. The van der Waals surface area contributed by atoms with E-state index in [-0.39, 0.29) is 6.03 Å². The fourth-order valence-electron chi connectivity index (χ4n) is 1.98. The van der Waals surface area contributed by atoms with Gasteiger partial charge < -0.3 is 15.0 Å². The van der Waals surface area contributed by atoms with Gasteiger partial charge in [-0.2, -0.15) is 5.10 Å². The molecule has 0 atom stereocenters. The van der Waals surface area contributed by atoms with Crippen LogP contribution in [0.1, 0.15) is 17.7 Å². The molecule has 2 rings (SSSR count). The summed E-state index contributed by atoms with van der Waals surface area (Å²) < 4.78 is 5.21. The zero-order valence-corrected chi connectivity index (χ0v) is 10.7. The summed E-state index contributed by atoms with van der Waals surface area (Å²) in [6, 6.07) is 0.0159. The summed E-state index contributed by atoms with van der Waals surface area (Å²) in [5.41, 5.74) is 2.32. The van der Waals surface area contributed by atoms with Gasteiger partial charge in [-0.05, 0) is 25.3 Å². The average molecular weight is 252 g/mol. The third-order valence-electron chi connectivity index (χ3n) is 3.13. The second-order valence-electron chi connectivity index (χ2n) is 4.46. The number of urea groups is 1. The molecule has 0 radical (unpaired) electrons. The standard InChI is InChI=1S/C12H20N4O2/c1-10-11(9-14-15-10)3-2-4-13-12(17)16-5-7-18-8-6-16/h9H,2-8H2,1H3,(H,13,17)(H,14,15). The molecule has 1 saturated heterocycles. The topological polar surface area (TPSA) is 70.2 Å². The van der Waals surface area contributed by atoms with Crippen molar-refractivity contribution in [3.8, 4) is 0 Å². The molecule has 1 aromatic heterocycles. The lowest BCUT2D eigenvalue weighted by Crippen LogP contribution is -2.46. The number of aryl methyl sites for hydroxylation is 2. The van der Waals surface area contributed by atoms with Crippen LogP contribution in [-0.2, 0) is 11.2 Å². The van der Waals surface area contributed by atoms with Crippen LogP contribution >= 0.6 is 0 Å².